The number of carbonyl (C=O) groups is 1. The Morgan fingerprint density at radius 3 is 2.71 bits per heavy atom. The Hall–Kier alpha value is -1.46. The molecule has 1 saturated heterocycles. The van der Waals surface area contributed by atoms with Gasteiger partial charge in [0, 0.05) is 12.0 Å². The first-order valence-corrected chi connectivity index (χ1v) is 7.28. The molecule has 1 heterocycles. The van der Waals surface area contributed by atoms with E-state index in [0.717, 1.165) is 5.56 Å². The third-order valence-electron chi connectivity index (χ3n) is 4.89. The highest BCUT2D eigenvalue weighted by Gasteiger charge is 2.62. The van der Waals surface area contributed by atoms with Crippen molar-refractivity contribution in [3.63, 3.8) is 0 Å². The number of piperidine rings is 1. The lowest BCUT2D eigenvalue weighted by atomic mass is 9.94. The molecule has 0 aromatic heterocycles. The number of alkyl halides is 1. The zero-order valence-electron chi connectivity index (χ0n) is 12.1. The lowest BCUT2D eigenvalue weighted by molar-refractivity contribution is -0.151. The van der Waals surface area contributed by atoms with Crippen molar-refractivity contribution in [2.24, 2.45) is 5.92 Å². The zero-order valence-corrected chi connectivity index (χ0v) is 12.1. The molecule has 114 valence electrons. The number of hydrogen-bond acceptors (Lipinski definition) is 4. The monoisotopic (exact) mass is 293 g/mol. The molecule has 1 aliphatic heterocycles. The molecule has 4 nitrogen and oxygen atoms in total. The maximum absolute atomic E-state index is 14.5. The average molecular weight is 293 g/mol. The van der Waals surface area contributed by atoms with E-state index in [4.69, 9.17) is 4.74 Å². The molecule has 1 aliphatic carbocycles. The van der Waals surface area contributed by atoms with Crippen molar-refractivity contribution >= 4 is 5.97 Å². The van der Waals surface area contributed by atoms with Gasteiger partial charge in [-0.3, -0.25) is 9.69 Å². The van der Waals surface area contributed by atoms with E-state index in [1.54, 1.807) is 4.90 Å². The number of esters is 1. The standard InChI is InChI=1S/C16H20FNO3/c1-9(10-6-4-3-5-7-10)18-14(16(20)21-2)11-8-12(19)15(18)13(11)17/h3-7,9,11-15,19H,8H2,1-2H3/t9-,11-,12-,13+,14+,15?/m1/s1. The maximum atomic E-state index is 14.5. The summed E-state index contributed by atoms with van der Waals surface area (Å²) in [4.78, 5) is 13.9. The SMILES string of the molecule is COC(=O)[C@@H]1[C@@H]2C[C@@H](O)C([C@H]2F)N1[C@H](C)c1ccccc1. The summed E-state index contributed by atoms with van der Waals surface area (Å²) in [5.41, 5.74) is 0.998. The van der Waals surface area contributed by atoms with Crippen molar-refractivity contribution in [3.05, 3.63) is 35.9 Å². The molecular weight excluding hydrogens is 273 g/mol. The van der Waals surface area contributed by atoms with Crippen LogP contribution in [0.5, 0.6) is 0 Å². The molecule has 3 rings (SSSR count). The first-order valence-electron chi connectivity index (χ1n) is 7.28. The molecule has 1 N–H and O–H groups in total. The van der Waals surface area contributed by atoms with Crippen LogP contribution < -0.4 is 0 Å². The van der Waals surface area contributed by atoms with E-state index < -0.39 is 36.2 Å². The number of likely N-dealkylation sites (tertiary alicyclic amines) is 1. The third-order valence-corrected chi connectivity index (χ3v) is 4.89. The first-order chi connectivity index (χ1) is 10.1. The van der Waals surface area contributed by atoms with Crippen molar-refractivity contribution in [1.29, 1.82) is 0 Å². The van der Waals surface area contributed by atoms with Crippen LogP contribution in [0.25, 0.3) is 0 Å². The molecule has 1 unspecified atom stereocenters. The Morgan fingerprint density at radius 2 is 2.10 bits per heavy atom. The lowest BCUT2D eigenvalue weighted by Crippen LogP contribution is -2.52. The minimum absolute atomic E-state index is 0.154. The van der Waals surface area contributed by atoms with E-state index in [9.17, 15) is 14.3 Å². The molecule has 6 atom stereocenters. The second kappa shape index (κ2) is 5.39. The van der Waals surface area contributed by atoms with Crippen LogP contribution in [0.2, 0.25) is 0 Å². The van der Waals surface area contributed by atoms with Crippen molar-refractivity contribution in [1.82, 2.24) is 4.90 Å². The number of methoxy groups -OCH3 is 1. The number of aliphatic hydroxyl groups is 1. The molecule has 1 aromatic carbocycles. The van der Waals surface area contributed by atoms with Gasteiger partial charge in [0.05, 0.1) is 19.3 Å². The van der Waals surface area contributed by atoms with E-state index in [1.165, 1.54) is 7.11 Å². The number of fused-ring (bicyclic) bond motifs is 2. The summed E-state index contributed by atoms with van der Waals surface area (Å²) < 4.78 is 19.3. The molecule has 2 bridgehead atoms. The summed E-state index contributed by atoms with van der Waals surface area (Å²) in [5.74, 6) is -0.900. The quantitative estimate of drug-likeness (QED) is 0.862. The molecule has 1 saturated carbocycles. The van der Waals surface area contributed by atoms with Crippen LogP contribution in [0.3, 0.4) is 0 Å². The van der Waals surface area contributed by atoms with Gasteiger partial charge < -0.3 is 9.84 Å². The number of benzene rings is 1. The number of carbonyl (C=O) groups excluding carboxylic acids is 1. The predicted molar refractivity (Wildman–Crippen MR) is 75.3 cm³/mol. The highest BCUT2D eigenvalue weighted by atomic mass is 19.1. The van der Waals surface area contributed by atoms with E-state index in [1.807, 2.05) is 37.3 Å². The summed E-state index contributed by atoms with van der Waals surface area (Å²) in [5, 5.41) is 10.1. The highest BCUT2D eigenvalue weighted by Crippen LogP contribution is 2.48. The summed E-state index contributed by atoms with van der Waals surface area (Å²) >= 11 is 0. The Bertz CT molecular complexity index is 524. The van der Waals surface area contributed by atoms with Gasteiger partial charge in [-0.1, -0.05) is 30.3 Å². The summed E-state index contributed by atoms with van der Waals surface area (Å²) in [7, 11) is 1.32. The fraction of sp³-hybridized carbons (Fsp3) is 0.562. The van der Waals surface area contributed by atoms with Crippen molar-refractivity contribution in [2.75, 3.05) is 7.11 Å². The molecule has 21 heavy (non-hydrogen) atoms. The van der Waals surface area contributed by atoms with Gasteiger partial charge in [-0.05, 0) is 18.9 Å². The number of aliphatic hydroxyl groups excluding tert-OH is 1. The zero-order chi connectivity index (χ0) is 15.1. The Balaban J connectivity index is 1.95. The fourth-order valence-electron chi connectivity index (χ4n) is 3.91. The second-order valence-electron chi connectivity index (χ2n) is 5.90. The number of halogens is 1. The van der Waals surface area contributed by atoms with Crippen LogP contribution in [-0.4, -0.2) is 47.4 Å². The predicted octanol–water partition coefficient (Wildman–Crippen LogP) is 1.69. The Labute approximate surface area is 123 Å². The second-order valence-corrected chi connectivity index (χ2v) is 5.90. The molecule has 2 fully saturated rings. The van der Waals surface area contributed by atoms with Gasteiger partial charge in [0.15, 0.2) is 0 Å². The Morgan fingerprint density at radius 1 is 1.43 bits per heavy atom. The summed E-state index contributed by atoms with van der Waals surface area (Å²) in [6, 6.07) is 8.24. The van der Waals surface area contributed by atoms with Gasteiger partial charge in [0.2, 0.25) is 0 Å². The topological polar surface area (TPSA) is 49.8 Å². The van der Waals surface area contributed by atoms with Crippen LogP contribution in [0.1, 0.15) is 24.9 Å². The van der Waals surface area contributed by atoms with Gasteiger partial charge in [-0.2, -0.15) is 0 Å². The van der Waals surface area contributed by atoms with Crippen molar-refractivity contribution in [3.8, 4) is 0 Å². The highest BCUT2D eigenvalue weighted by molar-refractivity contribution is 5.77. The molecular formula is C16H20FNO3. The van der Waals surface area contributed by atoms with Gasteiger partial charge in [-0.25, -0.2) is 4.39 Å². The molecule has 0 amide bonds. The summed E-state index contributed by atoms with van der Waals surface area (Å²) in [6.07, 6.45) is -1.59. The van der Waals surface area contributed by atoms with Gasteiger partial charge >= 0.3 is 5.97 Å². The van der Waals surface area contributed by atoms with E-state index in [2.05, 4.69) is 0 Å². The van der Waals surface area contributed by atoms with Crippen LogP contribution in [0, 0.1) is 5.92 Å². The number of ether oxygens (including phenoxy) is 1. The average Bonchev–Trinajstić information content (AvgIpc) is 2.95. The first kappa shape index (κ1) is 14.5. The fourth-order valence-corrected chi connectivity index (χ4v) is 3.91. The van der Waals surface area contributed by atoms with E-state index in [-0.39, 0.29) is 6.04 Å². The van der Waals surface area contributed by atoms with E-state index in [0.29, 0.717) is 6.42 Å². The maximum Gasteiger partial charge on any atom is 0.323 e. The van der Waals surface area contributed by atoms with Crippen LogP contribution in [0.15, 0.2) is 30.3 Å². The summed E-state index contributed by atoms with van der Waals surface area (Å²) in [6.45, 7) is 1.94. The van der Waals surface area contributed by atoms with Crippen molar-refractivity contribution < 1.29 is 19.0 Å². The molecule has 0 radical (unpaired) electrons. The minimum Gasteiger partial charge on any atom is -0.468 e. The van der Waals surface area contributed by atoms with Crippen molar-refractivity contribution in [2.45, 2.75) is 43.7 Å². The molecule has 5 heteroatoms. The Kier molecular flexibility index (Phi) is 3.71. The third kappa shape index (κ3) is 2.15. The van der Waals surface area contributed by atoms with Gasteiger partial charge in [0.25, 0.3) is 0 Å². The molecule has 1 aromatic rings. The van der Waals surface area contributed by atoms with Gasteiger partial charge in [-0.15, -0.1) is 0 Å². The normalized spacial score (nSPS) is 36.7. The lowest BCUT2D eigenvalue weighted by Gasteiger charge is -2.39. The van der Waals surface area contributed by atoms with Crippen LogP contribution in [-0.2, 0) is 9.53 Å². The smallest absolute Gasteiger partial charge is 0.323 e. The number of rotatable bonds is 3. The largest absolute Gasteiger partial charge is 0.468 e. The van der Waals surface area contributed by atoms with Crippen LogP contribution in [0.4, 0.5) is 4.39 Å². The molecule has 0 spiro atoms. The van der Waals surface area contributed by atoms with E-state index >= 15 is 0 Å². The number of nitrogens with zero attached hydrogens (tertiary/aromatic N) is 1. The number of hydrogen-bond donors (Lipinski definition) is 1. The molecule has 2 aliphatic rings. The van der Waals surface area contributed by atoms with Gasteiger partial charge in [0.1, 0.15) is 12.2 Å². The minimum atomic E-state index is -1.18. The van der Waals surface area contributed by atoms with Crippen LogP contribution >= 0.6 is 0 Å².